The molecule has 0 rings (SSSR count). The lowest BCUT2D eigenvalue weighted by Crippen LogP contribution is -2.27. The van der Waals surface area contributed by atoms with Crippen LogP contribution < -0.4 is 11.2 Å². The molecule has 0 aliphatic heterocycles. The molecule has 50 valence electrons. The SMILES string of the molecule is NN=C(Cl)C(=O)NC=O. The van der Waals surface area contributed by atoms with Gasteiger partial charge in [-0.25, -0.2) is 0 Å². The van der Waals surface area contributed by atoms with E-state index in [1.165, 1.54) is 0 Å². The Hall–Kier alpha value is -1.10. The van der Waals surface area contributed by atoms with Gasteiger partial charge in [0.15, 0.2) is 0 Å². The monoisotopic (exact) mass is 149 g/mol. The number of halogens is 1. The van der Waals surface area contributed by atoms with E-state index >= 15 is 0 Å². The number of nitrogens with one attached hydrogen (secondary N) is 1. The molecule has 3 N–H and O–H groups in total. The van der Waals surface area contributed by atoms with Crippen LogP contribution in [0.2, 0.25) is 0 Å². The highest BCUT2D eigenvalue weighted by atomic mass is 35.5. The van der Waals surface area contributed by atoms with Crippen LogP contribution in [0.25, 0.3) is 0 Å². The van der Waals surface area contributed by atoms with Crippen molar-refractivity contribution in [3.63, 3.8) is 0 Å². The van der Waals surface area contributed by atoms with E-state index in [4.69, 9.17) is 11.6 Å². The van der Waals surface area contributed by atoms with Gasteiger partial charge in [0.25, 0.3) is 5.91 Å². The lowest BCUT2D eigenvalue weighted by molar-refractivity contribution is -0.120. The van der Waals surface area contributed by atoms with E-state index in [0.29, 0.717) is 0 Å². The number of carbonyl (C=O) groups is 2. The molecule has 0 heterocycles. The smallest absolute Gasteiger partial charge is 0.289 e. The highest BCUT2D eigenvalue weighted by Gasteiger charge is 2.04. The van der Waals surface area contributed by atoms with Crippen LogP contribution in [0.1, 0.15) is 0 Å². The van der Waals surface area contributed by atoms with Crippen molar-refractivity contribution >= 4 is 29.1 Å². The quantitative estimate of drug-likeness (QED) is 0.223. The maximum Gasteiger partial charge on any atom is 0.289 e. The number of hydrogen-bond acceptors (Lipinski definition) is 4. The van der Waals surface area contributed by atoms with Gasteiger partial charge in [-0.1, -0.05) is 11.6 Å². The lowest BCUT2D eigenvalue weighted by Gasteiger charge is -1.89. The first-order valence-corrected chi connectivity index (χ1v) is 2.28. The van der Waals surface area contributed by atoms with Gasteiger partial charge in [0, 0.05) is 0 Å². The van der Waals surface area contributed by atoms with Crippen LogP contribution in [-0.2, 0) is 9.59 Å². The maximum atomic E-state index is 10.3. The Morgan fingerprint density at radius 2 is 2.33 bits per heavy atom. The summed E-state index contributed by atoms with van der Waals surface area (Å²) in [5, 5.41) is 4.10. The lowest BCUT2D eigenvalue weighted by atomic mass is 10.7. The fourth-order valence-corrected chi connectivity index (χ4v) is 0.226. The van der Waals surface area contributed by atoms with Crippen molar-refractivity contribution in [2.45, 2.75) is 0 Å². The summed E-state index contributed by atoms with van der Waals surface area (Å²) < 4.78 is 0. The zero-order chi connectivity index (χ0) is 7.28. The highest BCUT2D eigenvalue weighted by molar-refractivity contribution is 6.83. The Morgan fingerprint density at radius 3 is 2.67 bits per heavy atom. The maximum absolute atomic E-state index is 10.3. The number of nitrogens with zero attached hydrogens (tertiary/aromatic N) is 1. The largest absolute Gasteiger partial charge is 0.322 e. The fourth-order valence-electron chi connectivity index (χ4n) is 0.172. The van der Waals surface area contributed by atoms with Crippen molar-refractivity contribution in [1.82, 2.24) is 5.32 Å². The fraction of sp³-hybridized carbons (Fsp3) is 0. The molecule has 0 spiro atoms. The molecular formula is C3H4ClN3O2. The Bertz CT molecular complexity index is 155. The van der Waals surface area contributed by atoms with Gasteiger partial charge in [-0.15, -0.1) is 0 Å². The van der Waals surface area contributed by atoms with Crippen LogP contribution in [0, 0.1) is 0 Å². The van der Waals surface area contributed by atoms with Crippen LogP contribution in [0.3, 0.4) is 0 Å². The molecule has 0 aromatic carbocycles. The van der Waals surface area contributed by atoms with Gasteiger partial charge >= 0.3 is 0 Å². The van der Waals surface area contributed by atoms with Crippen molar-refractivity contribution in [2.75, 3.05) is 0 Å². The summed E-state index contributed by atoms with van der Waals surface area (Å²) in [4.78, 5) is 19.8. The topological polar surface area (TPSA) is 84.5 Å². The molecule has 0 atom stereocenters. The summed E-state index contributed by atoms with van der Waals surface area (Å²) in [6.07, 6.45) is 0.190. The minimum absolute atomic E-state index is 0.190. The summed E-state index contributed by atoms with van der Waals surface area (Å²) in [5.41, 5.74) is 0. The minimum Gasteiger partial charge on any atom is -0.322 e. The summed E-state index contributed by atoms with van der Waals surface area (Å²) >= 11 is 5.05. The number of rotatable bonds is 2. The second-order valence-electron chi connectivity index (χ2n) is 1.01. The average molecular weight is 150 g/mol. The molecule has 0 aromatic heterocycles. The van der Waals surface area contributed by atoms with E-state index in [1.807, 2.05) is 0 Å². The average Bonchev–Trinajstić information content (AvgIpc) is 1.87. The molecule has 0 aliphatic carbocycles. The van der Waals surface area contributed by atoms with E-state index in [2.05, 4.69) is 10.9 Å². The van der Waals surface area contributed by atoms with Gasteiger partial charge in [0.2, 0.25) is 11.6 Å². The van der Waals surface area contributed by atoms with E-state index in [0.717, 1.165) is 0 Å². The highest BCUT2D eigenvalue weighted by Crippen LogP contribution is 1.80. The van der Waals surface area contributed by atoms with E-state index in [9.17, 15) is 9.59 Å². The van der Waals surface area contributed by atoms with Gasteiger partial charge in [0.05, 0.1) is 0 Å². The Morgan fingerprint density at radius 1 is 1.78 bits per heavy atom. The third-order valence-corrected chi connectivity index (χ3v) is 0.760. The summed E-state index contributed by atoms with van der Waals surface area (Å²) in [5.74, 6) is 3.77. The number of nitrogens with two attached hydrogens (primary N) is 1. The summed E-state index contributed by atoms with van der Waals surface area (Å²) in [6, 6.07) is 0. The third kappa shape index (κ3) is 2.65. The second kappa shape index (κ2) is 3.85. The van der Waals surface area contributed by atoms with Crippen molar-refractivity contribution in [1.29, 1.82) is 0 Å². The first kappa shape index (κ1) is 7.90. The van der Waals surface area contributed by atoms with Crippen molar-refractivity contribution < 1.29 is 9.59 Å². The predicted octanol–water partition coefficient (Wildman–Crippen LogP) is -1.23. The third-order valence-electron chi connectivity index (χ3n) is 0.491. The van der Waals surface area contributed by atoms with Crippen LogP contribution >= 0.6 is 11.6 Å². The molecule has 0 aromatic rings. The Labute approximate surface area is 55.9 Å². The van der Waals surface area contributed by atoms with Crippen LogP contribution in [0.4, 0.5) is 0 Å². The summed E-state index contributed by atoms with van der Waals surface area (Å²) in [6.45, 7) is 0. The van der Waals surface area contributed by atoms with Crippen molar-refractivity contribution in [3.8, 4) is 0 Å². The van der Waals surface area contributed by atoms with Crippen LogP contribution in [0.5, 0.6) is 0 Å². The van der Waals surface area contributed by atoms with Gasteiger partial charge < -0.3 is 5.84 Å². The number of amides is 2. The molecule has 0 bridgehead atoms. The molecule has 0 radical (unpaired) electrons. The number of hydrazone groups is 1. The van der Waals surface area contributed by atoms with Gasteiger partial charge in [-0.05, 0) is 0 Å². The predicted molar refractivity (Wildman–Crippen MR) is 31.7 cm³/mol. The molecule has 5 nitrogen and oxygen atoms in total. The molecule has 2 amide bonds. The Balaban J connectivity index is 3.88. The zero-order valence-corrected chi connectivity index (χ0v) is 5.05. The molecule has 9 heavy (non-hydrogen) atoms. The van der Waals surface area contributed by atoms with Crippen molar-refractivity contribution in [3.05, 3.63) is 0 Å². The van der Waals surface area contributed by atoms with Gasteiger partial charge in [-0.3, -0.25) is 14.9 Å². The van der Waals surface area contributed by atoms with Gasteiger partial charge in [-0.2, -0.15) is 5.10 Å². The molecule has 0 unspecified atom stereocenters. The van der Waals surface area contributed by atoms with Crippen LogP contribution in [-0.4, -0.2) is 17.5 Å². The standard InChI is InChI=1S/C3H4ClN3O2/c4-2(7-5)3(9)6-1-8/h1H,5H2,(H,6,8,9). The zero-order valence-electron chi connectivity index (χ0n) is 4.30. The minimum atomic E-state index is -0.811. The van der Waals surface area contributed by atoms with Gasteiger partial charge in [0.1, 0.15) is 0 Å². The molecule has 6 heteroatoms. The number of carbonyl (C=O) groups excluding carboxylic acids is 2. The normalized spacial score (nSPS) is 10.6. The number of imide groups is 1. The van der Waals surface area contributed by atoms with E-state index in [1.54, 1.807) is 5.32 Å². The molecule has 0 fully saturated rings. The molecule has 0 aliphatic rings. The second-order valence-corrected chi connectivity index (χ2v) is 1.37. The Kier molecular flexibility index (Phi) is 3.38. The molecule has 0 saturated heterocycles. The first-order valence-electron chi connectivity index (χ1n) is 1.90. The number of hydrogen-bond donors (Lipinski definition) is 2. The molecular weight excluding hydrogens is 146 g/mol. The van der Waals surface area contributed by atoms with E-state index < -0.39 is 11.1 Å². The van der Waals surface area contributed by atoms with Crippen molar-refractivity contribution in [2.24, 2.45) is 10.9 Å². The molecule has 0 saturated carbocycles. The summed E-state index contributed by atoms with van der Waals surface area (Å²) in [7, 11) is 0. The van der Waals surface area contributed by atoms with E-state index in [-0.39, 0.29) is 6.41 Å². The first-order chi connectivity index (χ1) is 4.22. The van der Waals surface area contributed by atoms with Crippen LogP contribution in [0.15, 0.2) is 5.10 Å².